The zero-order valence-electron chi connectivity index (χ0n) is 12.1. The number of hydrogen-bond acceptors (Lipinski definition) is 4. The molecule has 2 aromatic heterocycles. The normalized spacial score (nSPS) is 12.6. The molecule has 7 heteroatoms. The zero-order valence-corrected chi connectivity index (χ0v) is 13.6. The lowest BCUT2D eigenvalue weighted by molar-refractivity contribution is 0.516. The van der Waals surface area contributed by atoms with Crippen LogP contribution in [0, 0.1) is 0 Å². The first-order valence-electron chi connectivity index (χ1n) is 6.92. The summed E-state index contributed by atoms with van der Waals surface area (Å²) in [5, 5.41) is 5.69. The maximum Gasteiger partial charge on any atom is 0.129 e. The molecule has 0 amide bonds. The third-order valence-electron chi connectivity index (χ3n) is 3.45. The molecular formula is C14H19Cl2N5. The number of halogens is 2. The Labute approximate surface area is 134 Å². The van der Waals surface area contributed by atoms with Gasteiger partial charge in [0.25, 0.3) is 0 Å². The molecule has 0 saturated carbocycles. The van der Waals surface area contributed by atoms with Gasteiger partial charge in [0.1, 0.15) is 5.15 Å². The predicted octanol–water partition coefficient (Wildman–Crippen LogP) is 2.91. The van der Waals surface area contributed by atoms with Crippen molar-refractivity contribution in [1.82, 2.24) is 20.2 Å². The molecule has 0 spiro atoms. The fraction of sp³-hybridized carbons (Fsp3) is 0.429. The molecule has 2 aromatic rings. The highest BCUT2D eigenvalue weighted by Gasteiger charge is 2.19. The smallest absolute Gasteiger partial charge is 0.129 e. The average molecular weight is 328 g/mol. The number of aromatic nitrogens is 3. The molecule has 0 aromatic carbocycles. The van der Waals surface area contributed by atoms with Gasteiger partial charge in [0, 0.05) is 19.2 Å². The minimum absolute atomic E-state index is 0.102. The van der Waals surface area contributed by atoms with Gasteiger partial charge in [-0.15, -0.1) is 0 Å². The van der Waals surface area contributed by atoms with E-state index in [2.05, 4.69) is 15.5 Å². The van der Waals surface area contributed by atoms with E-state index in [0.717, 1.165) is 34.9 Å². The SMILES string of the molecule is CCc1nn(CC)c(CC(NN)c2ccnc(Cl)c2)c1Cl. The summed E-state index contributed by atoms with van der Waals surface area (Å²) in [6, 6.07) is 3.58. The van der Waals surface area contributed by atoms with Crippen molar-refractivity contribution in [3.05, 3.63) is 45.5 Å². The van der Waals surface area contributed by atoms with Gasteiger partial charge >= 0.3 is 0 Å². The largest absolute Gasteiger partial charge is 0.271 e. The Bertz CT molecular complexity index is 611. The second kappa shape index (κ2) is 7.22. The number of hydrazine groups is 1. The van der Waals surface area contributed by atoms with E-state index in [0.29, 0.717) is 11.6 Å². The Kier molecular flexibility index (Phi) is 5.58. The summed E-state index contributed by atoms with van der Waals surface area (Å²) in [5.41, 5.74) is 5.67. The van der Waals surface area contributed by atoms with Crippen molar-refractivity contribution >= 4 is 23.2 Å². The van der Waals surface area contributed by atoms with Crippen LogP contribution in [0.5, 0.6) is 0 Å². The summed E-state index contributed by atoms with van der Waals surface area (Å²) >= 11 is 12.4. The minimum atomic E-state index is -0.102. The van der Waals surface area contributed by atoms with Crippen LogP contribution >= 0.6 is 23.2 Å². The van der Waals surface area contributed by atoms with Crippen LogP contribution in [0.25, 0.3) is 0 Å². The van der Waals surface area contributed by atoms with Gasteiger partial charge in [-0.25, -0.2) is 4.98 Å². The van der Waals surface area contributed by atoms with Crippen molar-refractivity contribution in [3.63, 3.8) is 0 Å². The van der Waals surface area contributed by atoms with Crippen LogP contribution in [0.1, 0.15) is 36.8 Å². The minimum Gasteiger partial charge on any atom is -0.271 e. The molecule has 0 radical (unpaired) electrons. The highest BCUT2D eigenvalue weighted by molar-refractivity contribution is 6.32. The van der Waals surface area contributed by atoms with Gasteiger partial charge in [-0.05, 0) is 31.0 Å². The lowest BCUT2D eigenvalue weighted by atomic mass is 10.0. The van der Waals surface area contributed by atoms with E-state index in [1.165, 1.54) is 0 Å². The number of nitrogens with zero attached hydrogens (tertiary/aromatic N) is 3. The molecule has 0 aliphatic carbocycles. The Morgan fingerprint density at radius 1 is 1.38 bits per heavy atom. The van der Waals surface area contributed by atoms with Gasteiger partial charge in [0.05, 0.1) is 22.5 Å². The average Bonchev–Trinajstić information content (AvgIpc) is 2.80. The molecule has 0 aliphatic heterocycles. The van der Waals surface area contributed by atoms with Crippen LogP contribution in [-0.4, -0.2) is 14.8 Å². The van der Waals surface area contributed by atoms with E-state index >= 15 is 0 Å². The Morgan fingerprint density at radius 2 is 2.14 bits per heavy atom. The Hall–Kier alpha value is -1.14. The van der Waals surface area contributed by atoms with Gasteiger partial charge in [-0.2, -0.15) is 5.10 Å². The van der Waals surface area contributed by atoms with Gasteiger partial charge in [-0.3, -0.25) is 16.0 Å². The summed E-state index contributed by atoms with van der Waals surface area (Å²) in [6.07, 6.45) is 3.11. The topological polar surface area (TPSA) is 68.8 Å². The molecule has 2 heterocycles. The Balaban J connectivity index is 2.32. The summed E-state index contributed by atoms with van der Waals surface area (Å²) < 4.78 is 1.92. The lowest BCUT2D eigenvalue weighted by Crippen LogP contribution is -2.30. The molecule has 1 atom stereocenters. The second-order valence-electron chi connectivity index (χ2n) is 4.71. The summed E-state index contributed by atoms with van der Waals surface area (Å²) in [5.74, 6) is 5.70. The van der Waals surface area contributed by atoms with E-state index < -0.39 is 0 Å². The van der Waals surface area contributed by atoms with E-state index in [9.17, 15) is 0 Å². The third kappa shape index (κ3) is 3.55. The molecule has 3 N–H and O–H groups in total. The fourth-order valence-corrected chi connectivity index (χ4v) is 2.84. The van der Waals surface area contributed by atoms with Crippen molar-refractivity contribution in [1.29, 1.82) is 0 Å². The number of aryl methyl sites for hydroxylation is 2. The highest BCUT2D eigenvalue weighted by Crippen LogP contribution is 2.27. The molecule has 1 unspecified atom stereocenters. The molecule has 2 rings (SSSR count). The molecule has 21 heavy (non-hydrogen) atoms. The molecular weight excluding hydrogens is 309 g/mol. The molecule has 5 nitrogen and oxygen atoms in total. The van der Waals surface area contributed by atoms with Crippen LogP contribution in [0.4, 0.5) is 0 Å². The predicted molar refractivity (Wildman–Crippen MR) is 85.3 cm³/mol. The number of nitrogens with one attached hydrogen (secondary N) is 1. The van der Waals surface area contributed by atoms with Crippen LogP contribution in [0.15, 0.2) is 18.3 Å². The number of rotatable bonds is 6. The van der Waals surface area contributed by atoms with Gasteiger partial charge in [0.2, 0.25) is 0 Å². The Morgan fingerprint density at radius 3 is 2.71 bits per heavy atom. The maximum absolute atomic E-state index is 6.44. The molecule has 0 aliphatic rings. The van der Waals surface area contributed by atoms with Gasteiger partial charge in [-0.1, -0.05) is 30.1 Å². The van der Waals surface area contributed by atoms with Crippen LogP contribution in [-0.2, 0) is 19.4 Å². The van der Waals surface area contributed by atoms with Gasteiger partial charge < -0.3 is 0 Å². The fourth-order valence-electron chi connectivity index (χ4n) is 2.31. The second-order valence-corrected chi connectivity index (χ2v) is 5.48. The molecule has 0 bridgehead atoms. The van der Waals surface area contributed by atoms with Crippen molar-refractivity contribution in [2.24, 2.45) is 5.84 Å². The van der Waals surface area contributed by atoms with Crippen molar-refractivity contribution in [2.75, 3.05) is 0 Å². The van der Waals surface area contributed by atoms with E-state index in [-0.39, 0.29) is 6.04 Å². The van der Waals surface area contributed by atoms with E-state index in [1.54, 1.807) is 12.3 Å². The standard InChI is InChI=1S/C14H19Cl2N5/c1-3-10-14(16)12(21(4-2)20-10)8-11(19-17)9-5-6-18-13(15)7-9/h5-7,11,19H,3-4,8,17H2,1-2H3. The van der Waals surface area contributed by atoms with E-state index in [1.807, 2.05) is 24.6 Å². The van der Waals surface area contributed by atoms with Crippen LogP contribution in [0.2, 0.25) is 10.2 Å². The van der Waals surface area contributed by atoms with Crippen molar-refractivity contribution in [2.45, 2.75) is 39.3 Å². The lowest BCUT2D eigenvalue weighted by Gasteiger charge is -2.17. The number of pyridine rings is 1. The number of nitrogens with two attached hydrogens (primary N) is 1. The van der Waals surface area contributed by atoms with Crippen molar-refractivity contribution in [3.8, 4) is 0 Å². The maximum atomic E-state index is 6.44. The first kappa shape index (κ1) is 16.2. The monoisotopic (exact) mass is 327 g/mol. The summed E-state index contributed by atoms with van der Waals surface area (Å²) in [7, 11) is 0. The highest BCUT2D eigenvalue weighted by atomic mass is 35.5. The van der Waals surface area contributed by atoms with Crippen LogP contribution < -0.4 is 11.3 Å². The molecule has 0 fully saturated rings. The summed E-state index contributed by atoms with van der Waals surface area (Å²) in [6.45, 7) is 4.85. The molecule has 114 valence electrons. The first-order valence-corrected chi connectivity index (χ1v) is 7.67. The quantitative estimate of drug-likeness (QED) is 0.486. The molecule has 0 saturated heterocycles. The van der Waals surface area contributed by atoms with Gasteiger partial charge in [0.15, 0.2) is 0 Å². The first-order chi connectivity index (χ1) is 10.1. The van der Waals surface area contributed by atoms with Crippen molar-refractivity contribution < 1.29 is 0 Å². The van der Waals surface area contributed by atoms with Crippen LogP contribution in [0.3, 0.4) is 0 Å². The number of hydrogen-bond donors (Lipinski definition) is 2. The zero-order chi connectivity index (χ0) is 15.4. The third-order valence-corrected chi connectivity index (χ3v) is 4.09. The van der Waals surface area contributed by atoms with E-state index in [4.69, 9.17) is 29.0 Å². The summed E-state index contributed by atoms with van der Waals surface area (Å²) in [4.78, 5) is 3.99.